The van der Waals surface area contributed by atoms with Crippen LogP contribution in [0.5, 0.6) is 0 Å². The lowest BCUT2D eigenvalue weighted by Crippen LogP contribution is -2.59. The summed E-state index contributed by atoms with van der Waals surface area (Å²) >= 11 is 0. The number of nitrogens with zero attached hydrogens (tertiary/aromatic N) is 2. The number of anilines is 2. The molecular formula is C20H12F6N4O4. The maximum absolute atomic E-state index is 13.2. The molecule has 0 spiro atoms. The Morgan fingerprint density at radius 3 is 1.41 bits per heavy atom. The van der Waals surface area contributed by atoms with Crippen LogP contribution in [-0.2, 0) is 30.7 Å². The van der Waals surface area contributed by atoms with E-state index in [1.54, 1.807) is 0 Å². The molecule has 4 aliphatic heterocycles. The van der Waals surface area contributed by atoms with Gasteiger partial charge in [-0.25, -0.2) is 19.8 Å². The summed E-state index contributed by atoms with van der Waals surface area (Å²) in [6.07, 6.45) is -10.5. The Kier molecular flexibility index (Phi) is 3.79. The molecule has 2 aromatic carbocycles. The Morgan fingerprint density at radius 2 is 1.06 bits per heavy atom. The highest BCUT2D eigenvalue weighted by Gasteiger charge is 2.79. The van der Waals surface area contributed by atoms with E-state index in [0.29, 0.717) is 0 Å². The smallest absolute Gasteiger partial charge is 0.313 e. The minimum Gasteiger partial charge on any atom is -0.313 e. The van der Waals surface area contributed by atoms with Gasteiger partial charge in [0.1, 0.15) is 12.1 Å². The van der Waals surface area contributed by atoms with E-state index in [-0.39, 0.29) is 22.5 Å². The van der Waals surface area contributed by atoms with Crippen LogP contribution in [0, 0.1) is 0 Å². The number of hydrogen-bond donors (Lipinski definition) is 2. The van der Waals surface area contributed by atoms with Crippen molar-refractivity contribution in [2.75, 3.05) is 10.1 Å². The normalized spacial score (nSPS) is 30.2. The van der Waals surface area contributed by atoms with Crippen LogP contribution in [0.4, 0.5) is 37.7 Å². The van der Waals surface area contributed by atoms with Crippen molar-refractivity contribution in [1.82, 2.24) is 10.6 Å². The second kappa shape index (κ2) is 6.13. The lowest BCUT2D eigenvalue weighted by atomic mass is 9.88. The SMILES string of the molecule is O=C(N[C@]12ON3c4ccccc4[C@]4(NC(=O)C(F)(F)F)ON(c5ccccc51)[C@H]2[C@H]34)C(F)(F)F. The zero-order valence-corrected chi connectivity index (χ0v) is 16.6. The van der Waals surface area contributed by atoms with Crippen LogP contribution in [-0.4, -0.2) is 36.3 Å². The van der Waals surface area contributed by atoms with E-state index in [0.717, 1.165) is 10.1 Å². The van der Waals surface area contributed by atoms with Crippen molar-refractivity contribution >= 4 is 23.2 Å². The van der Waals surface area contributed by atoms with Crippen molar-refractivity contribution < 1.29 is 45.6 Å². The molecule has 2 fully saturated rings. The number of para-hydroxylation sites is 2. The Labute approximate surface area is 185 Å². The highest BCUT2D eigenvalue weighted by molar-refractivity contribution is 5.86. The van der Waals surface area contributed by atoms with Crippen LogP contribution >= 0.6 is 0 Å². The Bertz CT molecular complexity index is 1160. The molecule has 6 rings (SSSR count). The largest absolute Gasteiger partial charge is 0.471 e. The van der Waals surface area contributed by atoms with Crippen molar-refractivity contribution in [1.29, 1.82) is 0 Å². The molecular weight excluding hydrogens is 474 g/mol. The lowest BCUT2D eigenvalue weighted by molar-refractivity contribution is -0.186. The number of rotatable bonds is 2. The molecule has 2 saturated heterocycles. The Morgan fingerprint density at radius 1 is 0.706 bits per heavy atom. The van der Waals surface area contributed by atoms with Gasteiger partial charge in [0.25, 0.3) is 0 Å². The van der Waals surface area contributed by atoms with Crippen molar-refractivity contribution in [2.45, 2.75) is 35.9 Å². The van der Waals surface area contributed by atoms with Gasteiger partial charge in [0.2, 0.25) is 11.4 Å². The Balaban J connectivity index is 1.55. The standard InChI is InChI=1S/C20H12F6N4O4/c21-19(22,23)15(31)27-17-9-5-1-3-7-11(9)29-13(17)14-18(34-29,28-16(32)20(24,25)26)10-6-2-4-8-12(10)30(14)33-17/h1-8,13-14H,(H,27,31)(H,28,32)/t13-,14-,17-,18-/m0/s1. The van der Waals surface area contributed by atoms with Crippen LogP contribution < -0.4 is 20.8 Å². The molecule has 0 bridgehead atoms. The molecule has 0 radical (unpaired) electrons. The van der Waals surface area contributed by atoms with E-state index in [1.807, 2.05) is 10.6 Å². The first-order chi connectivity index (χ1) is 15.9. The number of fused-ring (bicyclic) bond motifs is 6. The summed E-state index contributed by atoms with van der Waals surface area (Å²) in [6.45, 7) is 0. The fourth-order valence-electron chi connectivity index (χ4n) is 5.15. The van der Waals surface area contributed by atoms with Crippen LogP contribution in [0.25, 0.3) is 0 Å². The van der Waals surface area contributed by atoms with Crippen molar-refractivity contribution in [2.24, 2.45) is 0 Å². The van der Waals surface area contributed by atoms with Gasteiger partial charge in [-0.3, -0.25) is 9.59 Å². The second-order valence-corrected chi connectivity index (χ2v) is 8.13. The third kappa shape index (κ3) is 2.41. The monoisotopic (exact) mass is 486 g/mol. The fourth-order valence-corrected chi connectivity index (χ4v) is 5.15. The summed E-state index contributed by atoms with van der Waals surface area (Å²) in [5, 5.41) is 5.94. The topological polar surface area (TPSA) is 83.1 Å². The van der Waals surface area contributed by atoms with E-state index in [2.05, 4.69) is 0 Å². The molecule has 14 heteroatoms. The molecule has 4 atom stereocenters. The van der Waals surface area contributed by atoms with Crippen LogP contribution in [0.1, 0.15) is 11.1 Å². The van der Waals surface area contributed by atoms with Crippen molar-refractivity contribution in [3.8, 4) is 0 Å². The zero-order chi connectivity index (χ0) is 24.3. The maximum Gasteiger partial charge on any atom is 0.471 e. The first-order valence-corrected chi connectivity index (χ1v) is 9.84. The summed E-state index contributed by atoms with van der Waals surface area (Å²) in [6, 6.07) is 9.24. The minimum atomic E-state index is -5.27. The van der Waals surface area contributed by atoms with E-state index in [9.17, 15) is 35.9 Å². The quantitative estimate of drug-likeness (QED) is 0.635. The van der Waals surface area contributed by atoms with Gasteiger partial charge in [0.05, 0.1) is 11.4 Å². The van der Waals surface area contributed by atoms with Crippen LogP contribution in [0.15, 0.2) is 48.5 Å². The molecule has 4 heterocycles. The van der Waals surface area contributed by atoms with Gasteiger partial charge >= 0.3 is 24.2 Å². The number of carbonyl (C=O) groups excluding carboxylic acids is 2. The number of carbonyl (C=O) groups is 2. The average molecular weight is 486 g/mol. The fraction of sp³-hybridized carbons (Fsp3) is 0.300. The molecule has 0 unspecified atom stereocenters. The first kappa shape index (κ1) is 21.0. The molecule has 2 aromatic rings. The number of hydrogen-bond acceptors (Lipinski definition) is 6. The van der Waals surface area contributed by atoms with E-state index >= 15 is 0 Å². The van der Waals surface area contributed by atoms with E-state index in [4.69, 9.17) is 9.68 Å². The summed E-state index contributed by atoms with van der Waals surface area (Å²) in [5.74, 6) is -4.62. The number of nitrogens with one attached hydrogen (secondary N) is 2. The number of halogens is 6. The third-order valence-electron chi connectivity index (χ3n) is 6.32. The Hall–Kier alpha value is -3.52. The van der Waals surface area contributed by atoms with E-state index in [1.165, 1.54) is 48.5 Å². The van der Waals surface area contributed by atoms with Gasteiger partial charge in [-0.05, 0) is 12.1 Å². The van der Waals surface area contributed by atoms with E-state index < -0.39 is 47.7 Å². The van der Waals surface area contributed by atoms with Gasteiger partial charge in [0, 0.05) is 11.1 Å². The number of benzene rings is 2. The van der Waals surface area contributed by atoms with Crippen LogP contribution in [0.2, 0.25) is 0 Å². The molecule has 2 N–H and O–H groups in total. The van der Waals surface area contributed by atoms with Gasteiger partial charge in [-0.1, -0.05) is 36.4 Å². The molecule has 0 aliphatic carbocycles. The molecule has 0 saturated carbocycles. The molecule has 178 valence electrons. The highest BCUT2D eigenvalue weighted by atomic mass is 19.4. The van der Waals surface area contributed by atoms with Gasteiger partial charge in [-0.15, -0.1) is 0 Å². The van der Waals surface area contributed by atoms with Crippen molar-refractivity contribution in [3.63, 3.8) is 0 Å². The summed E-state index contributed by atoms with van der Waals surface area (Å²) in [5.41, 5.74) is -3.76. The number of amides is 2. The molecule has 2 amide bonds. The second-order valence-electron chi connectivity index (χ2n) is 8.13. The summed E-state index contributed by atoms with van der Waals surface area (Å²) < 4.78 is 79.4. The lowest BCUT2D eigenvalue weighted by Gasteiger charge is -2.30. The average Bonchev–Trinajstić information content (AvgIpc) is 3.42. The molecule has 8 nitrogen and oxygen atoms in total. The van der Waals surface area contributed by atoms with Gasteiger partial charge < -0.3 is 10.6 Å². The summed E-state index contributed by atoms with van der Waals surface area (Å²) in [4.78, 5) is 36.0. The molecule has 0 aromatic heterocycles. The predicted molar refractivity (Wildman–Crippen MR) is 99.3 cm³/mol. The van der Waals surface area contributed by atoms with Gasteiger partial charge in [0.15, 0.2) is 0 Å². The number of alkyl halides is 6. The highest BCUT2D eigenvalue weighted by Crippen LogP contribution is 2.64. The van der Waals surface area contributed by atoms with Gasteiger partial charge in [-0.2, -0.15) is 26.3 Å². The molecule has 4 aliphatic rings. The van der Waals surface area contributed by atoms with Crippen LogP contribution in [0.3, 0.4) is 0 Å². The maximum atomic E-state index is 13.2. The number of hydroxylamine groups is 2. The van der Waals surface area contributed by atoms with Crippen molar-refractivity contribution in [3.05, 3.63) is 59.7 Å². The third-order valence-corrected chi connectivity index (χ3v) is 6.32. The first-order valence-electron chi connectivity index (χ1n) is 9.84. The zero-order valence-electron chi connectivity index (χ0n) is 16.6. The summed E-state index contributed by atoms with van der Waals surface area (Å²) in [7, 11) is 0. The molecule has 34 heavy (non-hydrogen) atoms. The predicted octanol–water partition coefficient (Wildman–Crippen LogP) is 2.32. The minimum absolute atomic E-state index is 0.111.